The highest BCUT2D eigenvalue weighted by Crippen LogP contribution is 2.19. The molecule has 0 radical (unpaired) electrons. The Morgan fingerprint density at radius 1 is 1.24 bits per heavy atom. The van der Waals surface area contributed by atoms with E-state index in [0.29, 0.717) is 12.6 Å². The van der Waals surface area contributed by atoms with Crippen molar-refractivity contribution in [1.29, 1.82) is 0 Å². The Bertz CT molecular complexity index is 337. The molecule has 0 aromatic heterocycles. The Hall–Kier alpha value is -1.06. The average Bonchev–Trinajstić information content (AvgIpc) is 2.25. The SMILES string of the molecule is CC(C)NCC(O)c1cccc(OC(C)C)c1. The van der Waals surface area contributed by atoms with Crippen LogP contribution in [-0.4, -0.2) is 23.8 Å². The monoisotopic (exact) mass is 237 g/mol. The van der Waals surface area contributed by atoms with Gasteiger partial charge in [-0.2, -0.15) is 0 Å². The van der Waals surface area contributed by atoms with Crippen molar-refractivity contribution in [3.63, 3.8) is 0 Å². The summed E-state index contributed by atoms with van der Waals surface area (Å²) in [5.41, 5.74) is 0.885. The van der Waals surface area contributed by atoms with Gasteiger partial charge in [0.2, 0.25) is 0 Å². The van der Waals surface area contributed by atoms with Gasteiger partial charge in [-0.25, -0.2) is 0 Å². The van der Waals surface area contributed by atoms with Crippen LogP contribution in [0.1, 0.15) is 39.4 Å². The van der Waals surface area contributed by atoms with Gasteiger partial charge in [-0.15, -0.1) is 0 Å². The number of hydrogen-bond acceptors (Lipinski definition) is 3. The lowest BCUT2D eigenvalue weighted by atomic mass is 10.1. The summed E-state index contributed by atoms with van der Waals surface area (Å²) in [5.74, 6) is 0.807. The van der Waals surface area contributed by atoms with Crippen LogP contribution in [0.15, 0.2) is 24.3 Å². The zero-order valence-corrected chi connectivity index (χ0v) is 11.1. The summed E-state index contributed by atoms with van der Waals surface area (Å²) < 4.78 is 5.60. The number of aliphatic hydroxyl groups is 1. The predicted molar refractivity (Wildman–Crippen MR) is 70.3 cm³/mol. The number of rotatable bonds is 6. The van der Waals surface area contributed by atoms with E-state index in [1.165, 1.54) is 0 Å². The minimum atomic E-state index is -0.492. The fourth-order valence-electron chi connectivity index (χ4n) is 1.53. The topological polar surface area (TPSA) is 41.5 Å². The molecule has 0 amide bonds. The molecular weight excluding hydrogens is 214 g/mol. The van der Waals surface area contributed by atoms with Crippen molar-refractivity contribution in [1.82, 2.24) is 5.32 Å². The first-order chi connectivity index (χ1) is 7.99. The molecule has 0 saturated heterocycles. The molecule has 1 unspecified atom stereocenters. The zero-order chi connectivity index (χ0) is 12.8. The highest BCUT2D eigenvalue weighted by Gasteiger charge is 2.09. The first-order valence-corrected chi connectivity index (χ1v) is 6.17. The molecular formula is C14H23NO2. The number of benzene rings is 1. The third kappa shape index (κ3) is 5.20. The second-order valence-corrected chi connectivity index (χ2v) is 4.82. The van der Waals surface area contributed by atoms with Crippen molar-refractivity contribution in [2.24, 2.45) is 0 Å². The van der Waals surface area contributed by atoms with Crippen LogP contribution >= 0.6 is 0 Å². The average molecular weight is 237 g/mol. The first-order valence-electron chi connectivity index (χ1n) is 6.17. The maximum absolute atomic E-state index is 10.0. The molecule has 3 nitrogen and oxygen atoms in total. The van der Waals surface area contributed by atoms with Gasteiger partial charge in [-0.1, -0.05) is 26.0 Å². The Morgan fingerprint density at radius 2 is 1.94 bits per heavy atom. The Morgan fingerprint density at radius 3 is 2.53 bits per heavy atom. The Kier molecular flexibility index (Phi) is 5.45. The minimum absolute atomic E-state index is 0.149. The lowest BCUT2D eigenvalue weighted by Crippen LogP contribution is -2.27. The number of hydrogen-bond donors (Lipinski definition) is 2. The second kappa shape index (κ2) is 6.62. The number of aliphatic hydroxyl groups excluding tert-OH is 1. The van der Waals surface area contributed by atoms with Gasteiger partial charge in [0.05, 0.1) is 12.2 Å². The van der Waals surface area contributed by atoms with Gasteiger partial charge in [0.25, 0.3) is 0 Å². The van der Waals surface area contributed by atoms with E-state index in [9.17, 15) is 5.11 Å². The van der Waals surface area contributed by atoms with Crippen LogP contribution in [0, 0.1) is 0 Å². The van der Waals surface area contributed by atoms with Gasteiger partial charge in [0.1, 0.15) is 5.75 Å². The van der Waals surface area contributed by atoms with Crippen LogP contribution < -0.4 is 10.1 Å². The van der Waals surface area contributed by atoms with E-state index >= 15 is 0 Å². The van der Waals surface area contributed by atoms with E-state index in [2.05, 4.69) is 19.2 Å². The molecule has 3 heteroatoms. The van der Waals surface area contributed by atoms with Crippen molar-refractivity contribution in [2.45, 2.75) is 45.9 Å². The molecule has 0 aliphatic rings. The smallest absolute Gasteiger partial charge is 0.120 e. The third-order valence-electron chi connectivity index (χ3n) is 2.33. The number of ether oxygens (including phenoxy) is 1. The molecule has 0 saturated carbocycles. The summed E-state index contributed by atoms with van der Waals surface area (Å²) in [6, 6.07) is 8.00. The highest BCUT2D eigenvalue weighted by atomic mass is 16.5. The molecule has 0 heterocycles. The summed E-state index contributed by atoms with van der Waals surface area (Å²) in [5, 5.41) is 13.2. The first kappa shape index (κ1) is 14.0. The predicted octanol–water partition coefficient (Wildman–Crippen LogP) is 2.51. The van der Waals surface area contributed by atoms with Crippen molar-refractivity contribution in [3.8, 4) is 5.75 Å². The molecule has 17 heavy (non-hydrogen) atoms. The molecule has 0 aliphatic carbocycles. The molecule has 0 bridgehead atoms. The van der Waals surface area contributed by atoms with E-state index in [0.717, 1.165) is 11.3 Å². The standard InChI is InChI=1S/C14H23NO2/c1-10(2)15-9-14(16)12-6-5-7-13(8-12)17-11(3)4/h5-8,10-11,14-16H,9H2,1-4H3. The lowest BCUT2D eigenvalue weighted by Gasteiger charge is -2.16. The maximum Gasteiger partial charge on any atom is 0.120 e. The fraction of sp³-hybridized carbons (Fsp3) is 0.571. The van der Waals surface area contributed by atoms with Gasteiger partial charge in [-0.3, -0.25) is 0 Å². The summed E-state index contributed by atoms with van der Waals surface area (Å²) in [7, 11) is 0. The largest absolute Gasteiger partial charge is 0.491 e. The van der Waals surface area contributed by atoms with E-state index in [1.54, 1.807) is 0 Å². The second-order valence-electron chi connectivity index (χ2n) is 4.82. The molecule has 1 aromatic rings. The molecule has 96 valence electrons. The summed E-state index contributed by atoms with van der Waals surface area (Å²) >= 11 is 0. The quantitative estimate of drug-likeness (QED) is 0.798. The van der Waals surface area contributed by atoms with Crippen molar-refractivity contribution < 1.29 is 9.84 Å². The molecule has 0 aliphatic heterocycles. The van der Waals surface area contributed by atoms with Crippen LogP contribution in [-0.2, 0) is 0 Å². The van der Waals surface area contributed by atoms with Crippen LogP contribution in [0.2, 0.25) is 0 Å². The van der Waals surface area contributed by atoms with Crippen molar-refractivity contribution >= 4 is 0 Å². The van der Waals surface area contributed by atoms with E-state index < -0.39 is 6.10 Å². The van der Waals surface area contributed by atoms with Gasteiger partial charge in [-0.05, 0) is 31.5 Å². The summed E-state index contributed by atoms with van der Waals surface area (Å²) in [4.78, 5) is 0. The molecule has 1 rings (SSSR count). The Balaban J connectivity index is 2.63. The molecule has 2 N–H and O–H groups in total. The minimum Gasteiger partial charge on any atom is -0.491 e. The fourth-order valence-corrected chi connectivity index (χ4v) is 1.53. The van der Waals surface area contributed by atoms with E-state index in [1.807, 2.05) is 38.1 Å². The normalized spacial score (nSPS) is 13.1. The van der Waals surface area contributed by atoms with E-state index in [4.69, 9.17) is 4.74 Å². The van der Waals surface area contributed by atoms with Gasteiger partial charge < -0.3 is 15.2 Å². The van der Waals surface area contributed by atoms with Crippen molar-refractivity contribution in [2.75, 3.05) is 6.54 Å². The number of nitrogens with one attached hydrogen (secondary N) is 1. The maximum atomic E-state index is 10.0. The molecule has 1 aromatic carbocycles. The Labute approximate surface area is 104 Å². The van der Waals surface area contributed by atoms with Crippen LogP contribution in [0.3, 0.4) is 0 Å². The lowest BCUT2D eigenvalue weighted by molar-refractivity contribution is 0.170. The zero-order valence-electron chi connectivity index (χ0n) is 11.1. The summed E-state index contributed by atoms with van der Waals surface area (Å²) in [6.45, 7) is 8.66. The summed E-state index contributed by atoms with van der Waals surface area (Å²) in [6.07, 6.45) is -0.343. The van der Waals surface area contributed by atoms with E-state index in [-0.39, 0.29) is 6.10 Å². The molecule has 1 atom stereocenters. The van der Waals surface area contributed by atoms with Gasteiger partial charge >= 0.3 is 0 Å². The van der Waals surface area contributed by atoms with Gasteiger partial charge in [0.15, 0.2) is 0 Å². The molecule has 0 fully saturated rings. The molecule has 0 spiro atoms. The van der Waals surface area contributed by atoms with Crippen LogP contribution in [0.25, 0.3) is 0 Å². The van der Waals surface area contributed by atoms with Crippen LogP contribution in [0.5, 0.6) is 5.75 Å². The third-order valence-corrected chi connectivity index (χ3v) is 2.33. The highest BCUT2D eigenvalue weighted by molar-refractivity contribution is 5.30. The van der Waals surface area contributed by atoms with Crippen molar-refractivity contribution in [3.05, 3.63) is 29.8 Å². The van der Waals surface area contributed by atoms with Gasteiger partial charge in [0, 0.05) is 12.6 Å². The van der Waals surface area contributed by atoms with Crippen LogP contribution in [0.4, 0.5) is 0 Å².